The minimum Gasteiger partial charge on any atom is -0.350 e. The highest BCUT2D eigenvalue weighted by Crippen LogP contribution is 2.19. The molecule has 3 N–H and O–H groups in total. The maximum absolute atomic E-state index is 12.2. The van der Waals surface area contributed by atoms with Crippen LogP contribution in [-0.4, -0.2) is 41.0 Å². The summed E-state index contributed by atoms with van der Waals surface area (Å²) in [7, 11) is 0. The second-order valence-corrected chi connectivity index (χ2v) is 6.69. The number of hydrogen-bond acceptors (Lipinski definition) is 5. The molecule has 0 aliphatic carbocycles. The molecule has 1 fully saturated rings. The zero-order valence-corrected chi connectivity index (χ0v) is 15.5. The first-order valence-corrected chi connectivity index (χ1v) is 7.46. The standard InChI is InChI=1S/C15H25N5O.2ClH/c1-15(2,3)12(16)13(21)19-11-6-4-9-20(10-11)14-17-7-5-8-18-14;;/h5,7-8,11-12H,4,6,9-10,16H2,1-3H3,(H,19,21);2*1H/t11?,12-;;/m1../s1. The van der Waals surface area contributed by atoms with Gasteiger partial charge in [-0.05, 0) is 24.3 Å². The molecule has 1 amide bonds. The van der Waals surface area contributed by atoms with Gasteiger partial charge in [-0.3, -0.25) is 4.79 Å². The van der Waals surface area contributed by atoms with E-state index in [-0.39, 0.29) is 42.2 Å². The highest BCUT2D eigenvalue weighted by Gasteiger charge is 2.30. The summed E-state index contributed by atoms with van der Waals surface area (Å²) in [6, 6.07) is 1.40. The number of amides is 1. The lowest BCUT2D eigenvalue weighted by atomic mass is 9.86. The zero-order valence-electron chi connectivity index (χ0n) is 13.9. The van der Waals surface area contributed by atoms with Gasteiger partial charge in [0.1, 0.15) is 0 Å². The van der Waals surface area contributed by atoms with Gasteiger partial charge in [-0.1, -0.05) is 20.8 Å². The number of piperidine rings is 1. The molecule has 1 aliphatic heterocycles. The van der Waals surface area contributed by atoms with Crippen LogP contribution in [0, 0.1) is 5.41 Å². The summed E-state index contributed by atoms with van der Waals surface area (Å²) < 4.78 is 0. The Morgan fingerprint density at radius 2 is 1.96 bits per heavy atom. The van der Waals surface area contributed by atoms with Crippen LogP contribution in [0.1, 0.15) is 33.6 Å². The van der Waals surface area contributed by atoms with Crippen LogP contribution in [0.15, 0.2) is 18.5 Å². The van der Waals surface area contributed by atoms with Crippen LogP contribution < -0.4 is 16.0 Å². The van der Waals surface area contributed by atoms with Crippen molar-refractivity contribution in [2.24, 2.45) is 11.1 Å². The van der Waals surface area contributed by atoms with E-state index in [2.05, 4.69) is 20.2 Å². The normalized spacial score (nSPS) is 19.1. The van der Waals surface area contributed by atoms with Crippen molar-refractivity contribution in [1.29, 1.82) is 0 Å². The van der Waals surface area contributed by atoms with Crippen molar-refractivity contribution in [1.82, 2.24) is 15.3 Å². The molecule has 8 heteroatoms. The summed E-state index contributed by atoms with van der Waals surface area (Å²) in [5.41, 5.74) is 5.77. The molecule has 23 heavy (non-hydrogen) atoms. The number of nitrogens with zero attached hydrogens (tertiary/aromatic N) is 3. The third-order valence-electron chi connectivity index (χ3n) is 3.82. The summed E-state index contributed by atoms with van der Waals surface area (Å²) in [6.45, 7) is 7.57. The van der Waals surface area contributed by atoms with Gasteiger partial charge in [0.05, 0.1) is 6.04 Å². The molecule has 1 aromatic heterocycles. The molecule has 1 aromatic rings. The second kappa shape index (κ2) is 9.25. The van der Waals surface area contributed by atoms with E-state index in [1.54, 1.807) is 18.5 Å². The van der Waals surface area contributed by atoms with Gasteiger partial charge in [0, 0.05) is 31.5 Å². The Morgan fingerprint density at radius 3 is 2.52 bits per heavy atom. The minimum atomic E-state index is -0.499. The van der Waals surface area contributed by atoms with Gasteiger partial charge < -0.3 is 16.0 Å². The van der Waals surface area contributed by atoms with Gasteiger partial charge in [0.2, 0.25) is 11.9 Å². The number of carbonyl (C=O) groups excluding carboxylic acids is 1. The van der Waals surface area contributed by atoms with Crippen molar-refractivity contribution in [2.45, 2.75) is 45.7 Å². The Hall–Kier alpha value is -1.11. The maximum atomic E-state index is 12.2. The molecule has 0 aromatic carbocycles. The van der Waals surface area contributed by atoms with Crippen molar-refractivity contribution in [3.63, 3.8) is 0 Å². The first kappa shape index (κ1) is 21.9. The summed E-state index contributed by atoms with van der Waals surface area (Å²) in [4.78, 5) is 22.9. The van der Waals surface area contributed by atoms with E-state index in [0.717, 1.165) is 31.9 Å². The third kappa shape index (κ3) is 6.12. The van der Waals surface area contributed by atoms with E-state index >= 15 is 0 Å². The highest BCUT2D eigenvalue weighted by molar-refractivity contribution is 5.85. The van der Waals surface area contributed by atoms with Gasteiger partial charge in [0.15, 0.2) is 0 Å². The second-order valence-electron chi connectivity index (χ2n) is 6.69. The quantitative estimate of drug-likeness (QED) is 0.854. The first-order valence-electron chi connectivity index (χ1n) is 7.46. The minimum absolute atomic E-state index is 0. The molecule has 1 aliphatic rings. The Bertz CT molecular complexity index is 481. The van der Waals surface area contributed by atoms with Gasteiger partial charge in [-0.15, -0.1) is 24.8 Å². The molecule has 0 radical (unpaired) electrons. The number of rotatable bonds is 3. The molecule has 1 unspecified atom stereocenters. The van der Waals surface area contributed by atoms with Crippen LogP contribution in [0.5, 0.6) is 0 Å². The average Bonchev–Trinajstić information content (AvgIpc) is 2.46. The Labute approximate surface area is 150 Å². The Morgan fingerprint density at radius 1 is 1.35 bits per heavy atom. The number of halogens is 2. The fourth-order valence-corrected chi connectivity index (χ4v) is 2.42. The molecular weight excluding hydrogens is 337 g/mol. The van der Waals surface area contributed by atoms with E-state index in [9.17, 15) is 4.79 Å². The largest absolute Gasteiger partial charge is 0.350 e. The van der Waals surface area contributed by atoms with Gasteiger partial charge in [0.25, 0.3) is 0 Å². The van der Waals surface area contributed by atoms with Crippen molar-refractivity contribution in [3.8, 4) is 0 Å². The molecule has 132 valence electrons. The van der Waals surface area contributed by atoms with Crippen LogP contribution in [0.3, 0.4) is 0 Å². The van der Waals surface area contributed by atoms with E-state index in [4.69, 9.17) is 5.73 Å². The van der Waals surface area contributed by atoms with Gasteiger partial charge in [-0.25, -0.2) is 9.97 Å². The number of nitrogens with two attached hydrogens (primary N) is 1. The van der Waals surface area contributed by atoms with Crippen molar-refractivity contribution >= 4 is 36.7 Å². The predicted octanol–water partition coefficient (Wildman–Crippen LogP) is 1.78. The fraction of sp³-hybridized carbons (Fsp3) is 0.667. The smallest absolute Gasteiger partial charge is 0.237 e. The van der Waals surface area contributed by atoms with Crippen LogP contribution in [0.4, 0.5) is 5.95 Å². The van der Waals surface area contributed by atoms with E-state index < -0.39 is 6.04 Å². The number of carbonyl (C=O) groups is 1. The maximum Gasteiger partial charge on any atom is 0.237 e. The molecule has 0 bridgehead atoms. The van der Waals surface area contributed by atoms with E-state index in [1.807, 2.05) is 20.8 Å². The van der Waals surface area contributed by atoms with Crippen molar-refractivity contribution in [2.75, 3.05) is 18.0 Å². The summed E-state index contributed by atoms with van der Waals surface area (Å²) >= 11 is 0. The van der Waals surface area contributed by atoms with Crippen LogP contribution in [-0.2, 0) is 4.79 Å². The summed E-state index contributed by atoms with van der Waals surface area (Å²) in [5, 5.41) is 3.06. The number of hydrogen-bond donors (Lipinski definition) is 2. The number of aromatic nitrogens is 2. The molecule has 0 spiro atoms. The Balaban J connectivity index is 0.00000242. The molecule has 1 saturated heterocycles. The third-order valence-corrected chi connectivity index (χ3v) is 3.82. The van der Waals surface area contributed by atoms with Crippen LogP contribution in [0.2, 0.25) is 0 Å². The average molecular weight is 364 g/mol. The van der Waals surface area contributed by atoms with Crippen molar-refractivity contribution in [3.05, 3.63) is 18.5 Å². The van der Waals surface area contributed by atoms with Crippen LogP contribution in [0.25, 0.3) is 0 Å². The van der Waals surface area contributed by atoms with Gasteiger partial charge in [-0.2, -0.15) is 0 Å². The monoisotopic (exact) mass is 363 g/mol. The van der Waals surface area contributed by atoms with Crippen LogP contribution >= 0.6 is 24.8 Å². The van der Waals surface area contributed by atoms with E-state index in [1.165, 1.54) is 0 Å². The summed E-state index contributed by atoms with van der Waals surface area (Å²) in [6.07, 6.45) is 5.44. The topological polar surface area (TPSA) is 84.1 Å². The first-order chi connectivity index (χ1) is 9.88. The number of nitrogens with one attached hydrogen (secondary N) is 1. The van der Waals surface area contributed by atoms with Gasteiger partial charge >= 0.3 is 0 Å². The summed E-state index contributed by atoms with van der Waals surface area (Å²) in [5.74, 6) is 0.639. The fourth-order valence-electron chi connectivity index (χ4n) is 2.42. The lowest BCUT2D eigenvalue weighted by Gasteiger charge is -2.34. The molecule has 2 atom stereocenters. The van der Waals surface area contributed by atoms with E-state index in [0.29, 0.717) is 0 Å². The molecule has 6 nitrogen and oxygen atoms in total. The molecule has 0 saturated carbocycles. The molecule has 2 rings (SSSR count). The number of anilines is 1. The molecular formula is C15H27Cl2N5O. The lowest BCUT2D eigenvalue weighted by molar-refractivity contribution is -0.125. The highest BCUT2D eigenvalue weighted by atomic mass is 35.5. The lowest BCUT2D eigenvalue weighted by Crippen LogP contribution is -2.55. The van der Waals surface area contributed by atoms with Crippen molar-refractivity contribution < 1.29 is 4.79 Å². The molecule has 2 heterocycles. The predicted molar refractivity (Wildman–Crippen MR) is 97.3 cm³/mol. The Kier molecular flexibility index (Phi) is 8.80. The zero-order chi connectivity index (χ0) is 15.5. The SMILES string of the molecule is CC(C)(C)[C@H](N)C(=O)NC1CCCN(c2ncccn2)C1.Cl.Cl.